The number of nitrogens with zero attached hydrogens (tertiary/aromatic N) is 2. The van der Waals surface area contributed by atoms with E-state index in [4.69, 9.17) is 0 Å². The van der Waals surface area contributed by atoms with Crippen LogP contribution in [0, 0.1) is 0 Å². The summed E-state index contributed by atoms with van der Waals surface area (Å²) < 4.78 is 13.7. The van der Waals surface area contributed by atoms with Crippen LogP contribution in [0.15, 0.2) is 0 Å². The maximum Gasteiger partial charge on any atom is 0.0327 e. The zero-order chi connectivity index (χ0) is 23.0. The second-order valence-electron chi connectivity index (χ2n) is 11.0. The molecule has 4 nitrogen and oxygen atoms in total. The molecule has 28 heavy (non-hydrogen) atoms. The van der Waals surface area contributed by atoms with Crippen molar-refractivity contribution in [2.24, 2.45) is 0 Å². The van der Waals surface area contributed by atoms with Crippen LogP contribution in [0.5, 0.6) is 0 Å². The Labute approximate surface area is 189 Å². The molecule has 0 saturated heterocycles. The molecule has 0 aliphatic rings. The molecule has 0 radical (unpaired) electrons. The zero-order valence-electron chi connectivity index (χ0n) is 21.8. The van der Waals surface area contributed by atoms with Crippen molar-refractivity contribution in [2.75, 3.05) is 113 Å². The SMILES string of the molecule is CS(C)(C)NS(C)(C)N(CCN(S(C)(C)C)S(C)(C)NS(C)(C)C)S(C)(C)C. The lowest BCUT2D eigenvalue weighted by Crippen LogP contribution is -2.44. The fraction of sp³-hybridized carbons (Fsp3) is 1.00. The summed E-state index contributed by atoms with van der Waals surface area (Å²) in [6, 6.07) is 0. The summed E-state index contributed by atoms with van der Waals surface area (Å²) in [5.74, 6) is 0. The average molecular weight is 519 g/mol. The molecule has 0 aliphatic heterocycles. The third kappa shape index (κ3) is 11.0. The first-order chi connectivity index (χ1) is 11.9. The van der Waals surface area contributed by atoms with Gasteiger partial charge in [-0.05, 0) is 100 Å². The van der Waals surface area contributed by atoms with E-state index in [0.29, 0.717) is 0 Å². The Balaban J connectivity index is 5.75. The number of rotatable bonds is 11. The van der Waals surface area contributed by atoms with E-state index in [9.17, 15) is 0 Å². The summed E-state index contributed by atoms with van der Waals surface area (Å²) in [6.45, 7) is 2.26. The van der Waals surface area contributed by atoms with Gasteiger partial charge >= 0.3 is 0 Å². The maximum absolute atomic E-state index is 4.04. The van der Waals surface area contributed by atoms with Crippen LogP contribution < -0.4 is 8.25 Å². The van der Waals surface area contributed by atoms with Gasteiger partial charge in [0.15, 0.2) is 0 Å². The van der Waals surface area contributed by atoms with E-state index in [1.54, 1.807) is 0 Å². The Morgan fingerprint density at radius 3 is 0.786 bits per heavy atom. The highest BCUT2D eigenvalue weighted by molar-refractivity contribution is 8.50. The van der Waals surface area contributed by atoms with Crippen LogP contribution in [0.2, 0.25) is 0 Å². The molecule has 0 unspecified atom stereocenters. The quantitative estimate of drug-likeness (QED) is 0.403. The van der Waals surface area contributed by atoms with Gasteiger partial charge in [0.2, 0.25) is 0 Å². The number of hydrogen-bond acceptors (Lipinski definition) is 4. The molecule has 182 valence electrons. The molecule has 0 heterocycles. The molecule has 0 aromatic heterocycles. The van der Waals surface area contributed by atoms with E-state index < -0.39 is 61.7 Å². The van der Waals surface area contributed by atoms with Gasteiger partial charge in [0.25, 0.3) is 0 Å². The summed E-state index contributed by atoms with van der Waals surface area (Å²) in [4.78, 5) is 0. The summed E-state index contributed by atoms with van der Waals surface area (Å²) in [7, 11) is -5.21. The van der Waals surface area contributed by atoms with Crippen molar-refractivity contribution in [1.82, 2.24) is 15.7 Å². The third-order valence-electron chi connectivity index (χ3n) is 3.61. The van der Waals surface area contributed by atoms with Crippen LogP contribution in [0.3, 0.4) is 0 Å². The highest BCUT2D eigenvalue weighted by Gasteiger charge is 2.35. The van der Waals surface area contributed by atoms with E-state index >= 15 is 0 Å². The van der Waals surface area contributed by atoms with Gasteiger partial charge in [0.05, 0.1) is 0 Å². The molecule has 0 bridgehead atoms. The molecule has 0 fully saturated rings. The topological polar surface area (TPSA) is 30.5 Å². The van der Waals surface area contributed by atoms with Crippen molar-refractivity contribution in [2.45, 2.75) is 0 Å². The molecule has 0 saturated carbocycles. The largest absolute Gasteiger partial charge is 0.232 e. The van der Waals surface area contributed by atoms with Crippen molar-refractivity contribution in [3.63, 3.8) is 0 Å². The van der Waals surface area contributed by atoms with Crippen molar-refractivity contribution >= 4 is 61.7 Å². The zero-order valence-corrected chi connectivity index (χ0v) is 26.7. The van der Waals surface area contributed by atoms with Gasteiger partial charge in [0, 0.05) is 13.1 Å². The molecule has 0 spiro atoms. The number of nitrogens with one attached hydrogen (secondary N) is 2. The van der Waals surface area contributed by atoms with E-state index in [2.05, 4.69) is 116 Å². The Morgan fingerprint density at radius 2 is 0.643 bits per heavy atom. The van der Waals surface area contributed by atoms with E-state index in [1.165, 1.54) is 0 Å². The Morgan fingerprint density at radius 1 is 0.429 bits per heavy atom. The molecule has 0 aromatic carbocycles. The van der Waals surface area contributed by atoms with Crippen LogP contribution >= 0.6 is 61.7 Å². The van der Waals surface area contributed by atoms with Crippen LogP contribution in [0.25, 0.3) is 0 Å². The summed E-state index contributed by atoms with van der Waals surface area (Å²) in [5.41, 5.74) is 0. The fourth-order valence-electron chi connectivity index (χ4n) is 3.59. The smallest absolute Gasteiger partial charge is 0.0327 e. The van der Waals surface area contributed by atoms with Gasteiger partial charge in [-0.15, -0.1) is 20.8 Å². The minimum Gasteiger partial charge on any atom is -0.232 e. The Hall–Kier alpha value is 1.94. The Kier molecular flexibility index (Phi) is 10.5. The third-order valence-corrected chi connectivity index (χ3v) is 21.0. The monoisotopic (exact) mass is 518 g/mol. The van der Waals surface area contributed by atoms with Crippen molar-refractivity contribution in [3.05, 3.63) is 0 Å². The maximum atomic E-state index is 4.04. The van der Waals surface area contributed by atoms with Crippen LogP contribution in [-0.2, 0) is 0 Å². The molecular weight excluding hydrogens is 465 g/mol. The predicted molar refractivity (Wildman–Crippen MR) is 160 cm³/mol. The molecule has 2 N–H and O–H groups in total. The summed E-state index contributed by atoms with van der Waals surface area (Å²) in [5, 5.41) is 0. The second-order valence-corrected chi connectivity index (χ2v) is 34.1. The lowest BCUT2D eigenvalue weighted by Gasteiger charge is -2.59. The highest BCUT2D eigenvalue weighted by atomic mass is 32.4. The second kappa shape index (κ2) is 9.83. The first-order valence-corrected chi connectivity index (χ1v) is 25.4. The molecular formula is C18H54N4S6. The van der Waals surface area contributed by atoms with Gasteiger partial charge in [-0.1, -0.05) is 0 Å². The molecule has 0 rings (SSSR count). The molecule has 10 heteroatoms. The van der Waals surface area contributed by atoms with Crippen LogP contribution in [0.1, 0.15) is 0 Å². The summed E-state index contributed by atoms with van der Waals surface area (Å²) >= 11 is 0. The fourth-order valence-corrected chi connectivity index (χ4v) is 25.9. The van der Waals surface area contributed by atoms with Gasteiger partial charge in [-0.3, -0.25) is 0 Å². The van der Waals surface area contributed by atoms with Gasteiger partial charge in [-0.25, -0.2) is 15.7 Å². The Bertz CT molecular complexity index is 452. The molecule has 0 amide bonds. The first-order valence-electron chi connectivity index (χ1n) is 9.21. The van der Waals surface area contributed by atoms with Gasteiger partial charge in [0.1, 0.15) is 0 Å². The normalized spacial score (nSPS) is 19.1. The average Bonchev–Trinajstić information content (AvgIpc) is 2.23. The van der Waals surface area contributed by atoms with Crippen molar-refractivity contribution in [3.8, 4) is 0 Å². The van der Waals surface area contributed by atoms with Crippen LogP contribution in [-0.4, -0.2) is 121 Å². The van der Waals surface area contributed by atoms with Gasteiger partial charge < -0.3 is 0 Å². The summed E-state index contributed by atoms with van der Waals surface area (Å²) in [6.07, 6.45) is 38.7. The highest BCUT2D eigenvalue weighted by Crippen LogP contribution is 2.63. The van der Waals surface area contributed by atoms with E-state index in [1.807, 2.05) is 0 Å². The van der Waals surface area contributed by atoms with E-state index in [0.717, 1.165) is 13.1 Å². The lowest BCUT2D eigenvalue weighted by atomic mass is 10.7. The molecule has 0 aromatic rings. The lowest BCUT2D eigenvalue weighted by molar-refractivity contribution is 0.604. The number of hydrogen-bond donors (Lipinski definition) is 2. The van der Waals surface area contributed by atoms with E-state index in [-0.39, 0.29) is 0 Å². The predicted octanol–water partition coefficient (Wildman–Crippen LogP) is 4.99. The molecule has 0 aliphatic carbocycles. The van der Waals surface area contributed by atoms with Crippen molar-refractivity contribution in [1.29, 1.82) is 0 Å². The van der Waals surface area contributed by atoms with Crippen molar-refractivity contribution < 1.29 is 0 Å². The molecule has 0 atom stereocenters. The van der Waals surface area contributed by atoms with Crippen LogP contribution in [0.4, 0.5) is 0 Å². The minimum absolute atomic E-state index is 0.760. The van der Waals surface area contributed by atoms with Gasteiger partial charge in [-0.2, -0.15) is 40.9 Å². The standard InChI is InChI=1S/C18H54N4S6/c1-23(2,3)19-27(13,14)21(25(7,8)9)17-18-22(26(10,11)12)28(15,16)20-24(4,5)6/h19-20H,17-18H2,1-16H3. The first kappa shape index (κ1) is 29.9. The minimum atomic E-state index is -1.03.